The summed E-state index contributed by atoms with van der Waals surface area (Å²) in [6.07, 6.45) is 6.37. The van der Waals surface area contributed by atoms with Crippen LogP contribution in [0.25, 0.3) is 0 Å². The van der Waals surface area contributed by atoms with Crippen LogP contribution in [0.1, 0.15) is 55.3 Å². The number of likely N-dealkylation sites (tertiary alicyclic amines) is 1. The number of nitrogens with one attached hydrogen (secondary N) is 1. The fourth-order valence-electron chi connectivity index (χ4n) is 3.77. The van der Waals surface area contributed by atoms with Crippen molar-refractivity contribution in [1.29, 1.82) is 0 Å². The predicted octanol–water partition coefficient (Wildman–Crippen LogP) is 2.89. The fraction of sp³-hybridized carbons (Fsp3) is 0.526. The Morgan fingerprint density at radius 3 is 2.52 bits per heavy atom. The number of carboxylic acids is 1. The molecule has 0 spiro atoms. The van der Waals surface area contributed by atoms with E-state index in [4.69, 9.17) is 0 Å². The van der Waals surface area contributed by atoms with Crippen molar-refractivity contribution in [2.24, 2.45) is 5.92 Å². The van der Waals surface area contributed by atoms with E-state index in [1.807, 2.05) is 0 Å². The van der Waals surface area contributed by atoms with E-state index in [1.165, 1.54) is 11.3 Å². The van der Waals surface area contributed by atoms with Gasteiger partial charge in [0.1, 0.15) is 6.04 Å². The molecule has 0 radical (unpaired) electrons. The van der Waals surface area contributed by atoms with Gasteiger partial charge in [0.2, 0.25) is 5.91 Å². The van der Waals surface area contributed by atoms with Crippen molar-refractivity contribution in [3.8, 4) is 0 Å². The van der Waals surface area contributed by atoms with Gasteiger partial charge in [-0.05, 0) is 43.9 Å². The maximum Gasteiger partial charge on any atom is 0.326 e. The first kappa shape index (κ1) is 17.5. The number of anilines is 1. The monoisotopic (exact) mass is 344 g/mol. The van der Waals surface area contributed by atoms with Crippen molar-refractivity contribution in [3.63, 3.8) is 0 Å². The summed E-state index contributed by atoms with van der Waals surface area (Å²) in [5, 5.41) is 12.2. The SMILES string of the molecule is O=C(Nc1cccc(C(=O)N2CCC[C@H]2C(=O)O)c1)C1CCCCC1. The number of nitrogens with zero attached hydrogens (tertiary/aromatic N) is 1. The van der Waals surface area contributed by atoms with Crippen molar-refractivity contribution in [1.82, 2.24) is 4.90 Å². The summed E-state index contributed by atoms with van der Waals surface area (Å²) < 4.78 is 0. The first-order valence-corrected chi connectivity index (χ1v) is 9.01. The Balaban J connectivity index is 1.69. The van der Waals surface area contributed by atoms with Gasteiger partial charge in [-0.3, -0.25) is 9.59 Å². The zero-order valence-corrected chi connectivity index (χ0v) is 14.2. The molecule has 1 saturated heterocycles. The maximum atomic E-state index is 12.7. The molecule has 0 bridgehead atoms. The normalized spacial score (nSPS) is 21.1. The predicted molar refractivity (Wildman–Crippen MR) is 93.3 cm³/mol. The molecule has 1 atom stereocenters. The molecular formula is C19H24N2O4. The van der Waals surface area contributed by atoms with Crippen molar-refractivity contribution in [3.05, 3.63) is 29.8 Å². The van der Waals surface area contributed by atoms with Crippen LogP contribution in [-0.2, 0) is 9.59 Å². The van der Waals surface area contributed by atoms with Crippen LogP contribution in [0.15, 0.2) is 24.3 Å². The summed E-state index contributed by atoms with van der Waals surface area (Å²) in [6.45, 7) is 0.453. The highest BCUT2D eigenvalue weighted by molar-refractivity contribution is 5.99. The molecule has 2 amide bonds. The van der Waals surface area contributed by atoms with Crippen LogP contribution >= 0.6 is 0 Å². The molecule has 1 aromatic rings. The lowest BCUT2D eigenvalue weighted by Gasteiger charge is -2.22. The molecule has 2 fully saturated rings. The van der Waals surface area contributed by atoms with E-state index in [-0.39, 0.29) is 17.7 Å². The van der Waals surface area contributed by atoms with Crippen molar-refractivity contribution < 1.29 is 19.5 Å². The van der Waals surface area contributed by atoms with Crippen LogP contribution < -0.4 is 5.32 Å². The number of amides is 2. The molecule has 1 heterocycles. The number of carbonyl (C=O) groups excluding carboxylic acids is 2. The van der Waals surface area contributed by atoms with Crippen LogP contribution in [0.5, 0.6) is 0 Å². The molecule has 3 rings (SSSR count). The zero-order chi connectivity index (χ0) is 17.8. The Labute approximate surface area is 147 Å². The van der Waals surface area contributed by atoms with Crippen LogP contribution in [0.2, 0.25) is 0 Å². The molecule has 1 saturated carbocycles. The summed E-state index contributed by atoms with van der Waals surface area (Å²) in [6, 6.07) is 6.02. The van der Waals surface area contributed by atoms with E-state index < -0.39 is 12.0 Å². The number of hydrogen-bond acceptors (Lipinski definition) is 3. The van der Waals surface area contributed by atoms with E-state index in [9.17, 15) is 19.5 Å². The molecule has 0 aromatic heterocycles. The lowest BCUT2D eigenvalue weighted by atomic mass is 9.88. The average Bonchev–Trinajstić information content (AvgIpc) is 3.12. The number of rotatable bonds is 4. The third-order valence-corrected chi connectivity index (χ3v) is 5.15. The summed E-state index contributed by atoms with van der Waals surface area (Å²) in [5.74, 6) is -1.21. The second kappa shape index (κ2) is 7.68. The average molecular weight is 344 g/mol. The van der Waals surface area contributed by atoms with Gasteiger partial charge in [-0.25, -0.2) is 4.79 Å². The summed E-state index contributed by atoms with van der Waals surface area (Å²) in [5.41, 5.74) is 1.00. The van der Waals surface area contributed by atoms with Crippen LogP contribution in [0, 0.1) is 5.92 Å². The number of aliphatic carboxylic acids is 1. The van der Waals surface area contributed by atoms with Gasteiger partial charge in [0.05, 0.1) is 0 Å². The highest BCUT2D eigenvalue weighted by atomic mass is 16.4. The molecule has 2 aliphatic rings. The third-order valence-electron chi connectivity index (χ3n) is 5.15. The van der Waals surface area contributed by atoms with Gasteiger partial charge in [0.15, 0.2) is 0 Å². The highest BCUT2D eigenvalue weighted by Crippen LogP contribution is 2.26. The molecular weight excluding hydrogens is 320 g/mol. The quantitative estimate of drug-likeness (QED) is 0.879. The molecule has 1 aromatic carbocycles. The number of carbonyl (C=O) groups is 3. The second-order valence-electron chi connectivity index (χ2n) is 6.90. The zero-order valence-electron chi connectivity index (χ0n) is 14.2. The minimum atomic E-state index is -0.965. The number of hydrogen-bond donors (Lipinski definition) is 2. The highest BCUT2D eigenvalue weighted by Gasteiger charge is 2.34. The first-order chi connectivity index (χ1) is 12.1. The Kier molecular flexibility index (Phi) is 5.36. The summed E-state index contributed by atoms with van der Waals surface area (Å²) in [4.78, 5) is 37.7. The molecule has 0 unspecified atom stereocenters. The van der Waals surface area contributed by atoms with Gasteiger partial charge in [-0.1, -0.05) is 25.3 Å². The van der Waals surface area contributed by atoms with Crippen LogP contribution in [0.3, 0.4) is 0 Å². The molecule has 2 N–H and O–H groups in total. The van der Waals surface area contributed by atoms with E-state index in [1.54, 1.807) is 24.3 Å². The molecule has 25 heavy (non-hydrogen) atoms. The summed E-state index contributed by atoms with van der Waals surface area (Å²) >= 11 is 0. The molecule has 134 valence electrons. The fourth-order valence-corrected chi connectivity index (χ4v) is 3.77. The van der Waals surface area contributed by atoms with E-state index in [0.29, 0.717) is 30.6 Å². The maximum absolute atomic E-state index is 12.7. The van der Waals surface area contributed by atoms with Crippen LogP contribution in [-0.4, -0.2) is 40.4 Å². The molecule has 1 aliphatic heterocycles. The van der Waals surface area contributed by atoms with E-state index in [2.05, 4.69) is 5.32 Å². The largest absolute Gasteiger partial charge is 0.480 e. The smallest absolute Gasteiger partial charge is 0.326 e. The minimum absolute atomic E-state index is 0.00823. The number of carboxylic acid groups (broad SMARTS) is 1. The molecule has 6 heteroatoms. The number of benzene rings is 1. The lowest BCUT2D eigenvalue weighted by molar-refractivity contribution is -0.141. The second-order valence-corrected chi connectivity index (χ2v) is 6.90. The Morgan fingerprint density at radius 2 is 1.80 bits per heavy atom. The van der Waals surface area contributed by atoms with E-state index >= 15 is 0 Å². The topological polar surface area (TPSA) is 86.7 Å². The van der Waals surface area contributed by atoms with Gasteiger partial charge in [0.25, 0.3) is 5.91 Å². The first-order valence-electron chi connectivity index (χ1n) is 9.01. The Bertz CT molecular complexity index is 667. The van der Waals surface area contributed by atoms with Gasteiger partial charge in [0, 0.05) is 23.7 Å². The van der Waals surface area contributed by atoms with Crippen molar-refractivity contribution in [2.75, 3.05) is 11.9 Å². The summed E-state index contributed by atoms with van der Waals surface area (Å²) in [7, 11) is 0. The molecule has 6 nitrogen and oxygen atoms in total. The third kappa shape index (κ3) is 4.00. The minimum Gasteiger partial charge on any atom is -0.480 e. The van der Waals surface area contributed by atoms with Crippen molar-refractivity contribution >= 4 is 23.5 Å². The van der Waals surface area contributed by atoms with Gasteiger partial charge in [-0.2, -0.15) is 0 Å². The lowest BCUT2D eigenvalue weighted by Crippen LogP contribution is -2.40. The van der Waals surface area contributed by atoms with E-state index in [0.717, 1.165) is 25.7 Å². The van der Waals surface area contributed by atoms with Gasteiger partial charge >= 0.3 is 5.97 Å². The van der Waals surface area contributed by atoms with Gasteiger partial charge in [-0.15, -0.1) is 0 Å². The Morgan fingerprint density at radius 1 is 1.04 bits per heavy atom. The molecule has 1 aliphatic carbocycles. The Hall–Kier alpha value is -2.37. The van der Waals surface area contributed by atoms with Crippen LogP contribution in [0.4, 0.5) is 5.69 Å². The van der Waals surface area contributed by atoms with Gasteiger partial charge < -0.3 is 15.3 Å². The van der Waals surface area contributed by atoms with Crippen molar-refractivity contribution in [2.45, 2.75) is 51.0 Å². The standard InChI is InChI=1S/C19H24N2O4/c22-17(13-6-2-1-3-7-13)20-15-9-4-8-14(12-15)18(23)21-11-5-10-16(21)19(24)25/h4,8-9,12-13,16H,1-3,5-7,10-11H2,(H,20,22)(H,24,25)/t16-/m0/s1.